The second-order valence-corrected chi connectivity index (χ2v) is 3.84. The molecule has 0 amide bonds. The minimum atomic E-state index is -4.30. The summed E-state index contributed by atoms with van der Waals surface area (Å²) in [7, 11) is 0. The van der Waals surface area contributed by atoms with Crippen LogP contribution in [0.3, 0.4) is 0 Å². The average molecular weight is 235 g/mol. The standard InChI is InChI=1S/C14H10F3/c1-10-4-2-5-11(8-10)12-6-3-7-13(9-12)14(15,16)17/h2-3,5-9H,1H3. The Morgan fingerprint density at radius 3 is 2.35 bits per heavy atom. The van der Waals surface area contributed by atoms with Gasteiger partial charge in [0.1, 0.15) is 0 Å². The fraction of sp³-hybridized carbons (Fsp3) is 0.143. The van der Waals surface area contributed by atoms with E-state index in [0.29, 0.717) is 5.56 Å². The maximum Gasteiger partial charge on any atom is 0.416 e. The minimum absolute atomic E-state index is 0.567. The molecular formula is C14H10F3. The van der Waals surface area contributed by atoms with Crippen LogP contribution in [-0.2, 0) is 6.18 Å². The Labute approximate surface area is 97.7 Å². The van der Waals surface area contributed by atoms with Crippen molar-refractivity contribution in [3.63, 3.8) is 0 Å². The lowest BCUT2D eigenvalue weighted by atomic mass is 10.0. The van der Waals surface area contributed by atoms with Crippen LogP contribution in [0.5, 0.6) is 0 Å². The van der Waals surface area contributed by atoms with Gasteiger partial charge in [-0.05, 0) is 41.8 Å². The van der Waals surface area contributed by atoms with E-state index in [1.807, 2.05) is 13.0 Å². The van der Waals surface area contributed by atoms with Gasteiger partial charge in [-0.3, -0.25) is 0 Å². The van der Waals surface area contributed by atoms with Gasteiger partial charge >= 0.3 is 6.18 Å². The van der Waals surface area contributed by atoms with Crippen molar-refractivity contribution in [2.45, 2.75) is 13.1 Å². The van der Waals surface area contributed by atoms with Crippen LogP contribution in [0, 0.1) is 13.0 Å². The number of aryl methyl sites for hydroxylation is 1. The average Bonchev–Trinajstić information content (AvgIpc) is 2.28. The molecule has 0 saturated heterocycles. The van der Waals surface area contributed by atoms with Gasteiger partial charge in [0.15, 0.2) is 0 Å². The lowest BCUT2D eigenvalue weighted by Crippen LogP contribution is -2.04. The molecule has 0 aliphatic rings. The molecular weight excluding hydrogens is 225 g/mol. The molecule has 17 heavy (non-hydrogen) atoms. The second-order valence-electron chi connectivity index (χ2n) is 3.84. The number of rotatable bonds is 1. The van der Waals surface area contributed by atoms with E-state index in [2.05, 4.69) is 6.07 Å². The Hall–Kier alpha value is -1.77. The molecule has 0 aliphatic heterocycles. The van der Waals surface area contributed by atoms with Crippen LogP contribution in [0.2, 0.25) is 0 Å². The smallest absolute Gasteiger partial charge is 0.166 e. The zero-order valence-electron chi connectivity index (χ0n) is 9.18. The highest BCUT2D eigenvalue weighted by atomic mass is 19.4. The molecule has 0 nitrogen and oxygen atoms in total. The molecule has 0 aliphatic carbocycles. The van der Waals surface area contributed by atoms with Gasteiger partial charge in [-0.1, -0.05) is 30.3 Å². The Morgan fingerprint density at radius 1 is 1.00 bits per heavy atom. The molecule has 1 radical (unpaired) electrons. The molecule has 87 valence electrons. The van der Waals surface area contributed by atoms with Crippen LogP contribution >= 0.6 is 0 Å². The largest absolute Gasteiger partial charge is 0.416 e. The molecule has 0 heterocycles. The van der Waals surface area contributed by atoms with Gasteiger partial charge in [0.2, 0.25) is 0 Å². The highest BCUT2D eigenvalue weighted by molar-refractivity contribution is 5.64. The van der Waals surface area contributed by atoms with E-state index in [0.717, 1.165) is 23.3 Å². The van der Waals surface area contributed by atoms with E-state index in [1.54, 1.807) is 18.2 Å². The predicted octanol–water partition coefficient (Wildman–Crippen LogP) is 4.48. The van der Waals surface area contributed by atoms with Crippen LogP contribution in [-0.4, -0.2) is 0 Å². The molecule has 2 aromatic rings. The van der Waals surface area contributed by atoms with Crippen molar-refractivity contribution >= 4 is 0 Å². The van der Waals surface area contributed by atoms with Crippen molar-refractivity contribution in [1.29, 1.82) is 0 Å². The number of hydrogen-bond donors (Lipinski definition) is 0. The summed E-state index contributed by atoms with van der Waals surface area (Å²) < 4.78 is 37.7. The lowest BCUT2D eigenvalue weighted by Gasteiger charge is -2.09. The van der Waals surface area contributed by atoms with Crippen LogP contribution < -0.4 is 0 Å². The Morgan fingerprint density at radius 2 is 1.71 bits per heavy atom. The third-order valence-corrected chi connectivity index (χ3v) is 2.47. The molecule has 0 spiro atoms. The topological polar surface area (TPSA) is 0 Å². The van der Waals surface area contributed by atoms with E-state index in [1.165, 1.54) is 6.07 Å². The maximum atomic E-state index is 12.6. The van der Waals surface area contributed by atoms with Crippen molar-refractivity contribution in [2.24, 2.45) is 0 Å². The normalized spacial score (nSPS) is 11.5. The summed E-state index contributed by atoms with van der Waals surface area (Å²) in [5.41, 5.74) is 1.62. The molecule has 3 heteroatoms. The summed E-state index contributed by atoms with van der Waals surface area (Å²) in [6.07, 6.45) is -4.30. The summed E-state index contributed by atoms with van der Waals surface area (Å²) in [6, 6.07) is 13.6. The fourth-order valence-corrected chi connectivity index (χ4v) is 1.64. The molecule has 0 saturated carbocycles. The van der Waals surface area contributed by atoms with Crippen molar-refractivity contribution in [3.8, 4) is 11.1 Å². The number of halogens is 3. The third-order valence-electron chi connectivity index (χ3n) is 2.47. The van der Waals surface area contributed by atoms with Crippen molar-refractivity contribution in [2.75, 3.05) is 0 Å². The van der Waals surface area contributed by atoms with Gasteiger partial charge in [-0.25, -0.2) is 0 Å². The van der Waals surface area contributed by atoms with Crippen LogP contribution in [0.25, 0.3) is 11.1 Å². The number of benzene rings is 2. The SMILES string of the molecule is Cc1[c]ccc(-c2cccc(C(F)(F)F)c2)c1. The summed E-state index contributed by atoms with van der Waals surface area (Å²) >= 11 is 0. The highest BCUT2D eigenvalue weighted by Gasteiger charge is 2.30. The van der Waals surface area contributed by atoms with Gasteiger partial charge in [-0.2, -0.15) is 13.2 Å². The highest BCUT2D eigenvalue weighted by Crippen LogP contribution is 2.32. The molecule has 2 aromatic carbocycles. The van der Waals surface area contributed by atoms with Crippen molar-refractivity contribution in [3.05, 3.63) is 59.7 Å². The first kappa shape index (κ1) is 11.7. The molecule has 2 rings (SSSR count). The third kappa shape index (κ3) is 2.67. The quantitative estimate of drug-likeness (QED) is 0.683. The van der Waals surface area contributed by atoms with Gasteiger partial charge < -0.3 is 0 Å². The molecule has 0 N–H and O–H groups in total. The summed E-state index contributed by atoms with van der Waals surface area (Å²) in [6.45, 7) is 1.86. The summed E-state index contributed by atoms with van der Waals surface area (Å²) in [5, 5.41) is 0. The summed E-state index contributed by atoms with van der Waals surface area (Å²) in [5.74, 6) is 0. The zero-order valence-corrected chi connectivity index (χ0v) is 9.18. The molecule has 0 aromatic heterocycles. The first-order chi connectivity index (χ1) is 7.97. The lowest BCUT2D eigenvalue weighted by molar-refractivity contribution is -0.137. The maximum absolute atomic E-state index is 12.6. The van der Waals surface area contributed by atoms with Crippen LogP contribution in [0.15, 0.2) is 42.5 Å². The Kier molecular flexibility index (Phi) is 2.92. The predicted molar refractivity (Wildman–Crippen MR) is 60.5 cm³/mol. The Balaban J connectivity index is 2.47. The molecule has 0 unspecified atom stereocenters. The first-order valence-corrected chi connectivity index (χ1v) is 5.13. The van der Waals surface area contributed by atoms with E-state index >= 15 is 0 Å². The van der Waals surface area contributed by atoms with Gasteiger partial charge in [0.05, 0.1) is 5.56 Å². The number of hydrogen-bond acceptors (Lipinski definition) is 0. The van der Waals surface area contributed by atoms with Crippen LogP contribution in [0.4, 0.5) is 13.2 Å². The number of alkyl halides is 3. The van der Waals surface area contributed by atoms with Gasteiger partial charge in [-0.15, -0.1) is 0 Å². The monoisotopic (exact) mass is 235 g/mol. The summed E-state index contributed by atoms with van der Waals surface area (Å²) in [4.78, 5) is 0. The Bertz CT molecular complexity index is 527. The molecule has 0 fully saturated rings. The van der Waals surface area contributed by atoms with Crippen molar-refractivity contribution in [1.82, 2.24) is 0 Å². The van der Waals surface area contributed by atoms with Crippen LogP contribution in [0.1, 0.15) is 11.1 Å². The molecule has 0 atom stereocenters. The second kappa shape index (κ2) is 4.24. The van der Waals surface area contributed by atoms with Gasteiger partial charge in [0.25, 0.3) is 0 Å². The van der Waals surface area contributed by atoms with E-state index in [9.17, 15) is 13.2 Å². The molecule has 0 bridgehead atoms. The van der Waals surface area contributed by atoms with E-state index in [4.69, 9.17) is 0 Å². The van der Waals surface area contributed by atoms with E-state index < -0.39 is 11.7 Å². The zero-order chi connectivity index (χ0) is 12.5. The minimum Gasteiger partial charge on any atom is -0.166 e. The van der Waals surface area contributed by atoms with E-state index in [-0.39, 0.29) is 0 Å². The fourth-order valence-electron chi connectivity index (χ4n) is 1.64. The van der Waals surface area contributed by atoms with Gasteiger partial charge in [0, 0.05) is 0 Å². The first-order valence-electron chi connectivity index (χ1n) is 5.13. The van der Waals surface area contributed by atoms with Crippen molar-refractivity contribution < 1.29 is 13.2 Å².